The molecule has 0 aliphatic rings. The zero-order valence-electron chi connectivity index (χ0n) is 6.63. The van der Waals surface area contributed by atoms with E-state index in [-0.39, 0.29) is 6.54 Å². The molecule has 1 nitrogen and oxygen atoms in total. The SMILES string of the molecule is NCC(F)Cc1cccc(Br)c1. The van der Waals surface area contributed by atoms with Gasteiger partial charge in [-0.25, -0.2) is 4.39 Å². The zero-order valence-corrected chi connectivity index (χ0v) is 8.22. The minimum atomic E-state index is -0.931. The van der Waals surface area contributed by atoms with Gasteiger partial charge in [-0.15, -0.1) is 0 Å². The Balaban J connectivity index is 2.63. The van der Waals surface area contributed by atoms with E-state index in [4.69, 9.17) is 5.73 Å². The highest BCUT2D eigenvalue weighted by Gasteiger charge is 2.04. The minimum Gasteiger partial charge on any atom is -0.328 e. The fraction of sp³-hybridized carbons (Fsp3) is 0.333. The molecule has 0 aliphatic heterocycles. The summed E-state index contributed by atoms with van der Waals surface area (Å²) in [5, 5.41) is 0. The summed E-state index contributed by atoms with van der Waals surface area (Å²) in [5.74, 6) is 0. The third kappa shape index (κ3) is 2.91. The number of alkyl halides is 1. The fourth-order valence-corrected chi connectivity index (χ4v) is 1.45. The van der Waals surface area contributed by atoms with E-state index in [0.717, 1.165) is 10.0 Å². The fourth-order valence-electron chi connectivity index (χ4n) is 1.00. The van der Waals surface area contributed by atoms with Gasteiger partial charge >= 0.3 is 0 Å². The molecule has 12 heavy (non-hydrogen) atoms. The molecule has 0 spiro atoms. The maximum atomic E-state index is 12.8. The Hall–Kier alpha value is -0.410. The highest BCUT2D eigenvalue weighted by atomic mass is 79.9. The molecule has 0 radical (unpaired) electrons. The van der Waals surface area contributed by atoms with Crippen molar-refractivity contribution in [2.24, 2.45) is 5.73 Å². The average Bonchev–Trinajstić information content (AvgIpc) is 2.04. The first-order valence-corrected chi connectivity index (χ1v) is 4.60. The lowest BCUT2D eigenvalue weighted by Crippen LogP contribution is -2.17. The second-order valence-electron chi connectivity index (χ2n) is 2.67. The van der Waals surface area contributed by atoms with Crippen molar-refractivity contribution in [3.63, 3.8) is 0 Å². The molecule has 1 aromatic rings. The van der Waals surface area contributed by atoms with Gasteiger partial charge < -0.3 is 5.73 Å². The molecule has 66 valence electrons. The number of benzene rings is 1. The Bertz CT molecular complexity index is 252. The second-order valence-corrected chi connectivity index (χ2v) is 3.58. The van der Waals surface area contributed by atoms with E-state index in [9.17, 15) is 4.39 Å². The van der Waals surface area contributed by atoms with E-state index < -0.39 is 6.17 Å². The highest BCUT2D eigenvalue weighted by molar-refractivity contribution is 9.10. The third-order valence-corrected chi connectivity index (χ3v) is 2.10. The molecular formula is C9H11BrFN. The number of hydrogen-bond acceptors (Lipinski definition) is 1. The van der Waals surface area contributed by atoms with Gasteiger partial charge in [0.25, 0.3) is 0 Å². The van der Waals surface area contributed by atoms with E-state index in [2.05, 4.69) is 15.9 Å². The van der Waals surface area contributed by atoms with E-state index >= 15 is 0 Å². The van der Waals surface area contributed by atoms with E-state index in [0.29, 0.717) is 6.42 Å². The third-order valence-electron chi connectivity index (χ3n) is 1.60. The average molecular weight is 232 g/mol. The molecule has 3 heteroatoms. The monoisotopic (exact) mass is 231 g/mol. The van der Waals surface area contributed by atoms with Crippen LogP contribution in [0.2, 0.25) is 0 Å². The molecule has 1 rings (SSSR count). The van der Waals surface area contributed by atoms with Crippen LogP contribution in [0.15, 0.2) is 28.7 Å². The minimum absolute atomic E-state index is 0.0898. The molecule has 1 unspecified atom stereocenters. The number of rotatable bonds is 3. The standard InChI is InChI=1S/C9H11BrFN/c10-8-3-1-2-7(4-8)5-9(11)6-12/h1-4,9H,5-6,12H2. The van der Waals surface area contributed by atoms with Crippen molar-refractivity contribution in [2.45, 2.75) is 12.6 Å². The molecule has 0 fully saturated rings. The Morgan fingerprint density at radius 1 is 1.50 bits per heavy atom. The number of nitrogens with two attached hydrogens (primary N) is 1. The van der Waals surface area contributed by atoms with Crippen LogP contribution in [0.4, 0.5) is 4.39 Å². The van der Waals surface area contributed by atoms with Crippen molar-refractivity contribution in [2.75, 3.05) is 6.54 Å². The Morgan fingerprint density at radius 2 is 2.25 bits per heavy atom. The Morgan fingerprint density at radius 3 is 2.83 bits per heavy atom. The van der Waals surface area contributed by atoms with E-state index in [1.807, 2.05) is 24.3 Å². The lowest BCUT2D eigenvalue weighted by molar-refractivity contribution is 0.340. The normalized spacial score (nSPS) is 12.9. The summed E-state index contributed by atoms with van der Waals surface area (Å²) in [6.45, 7) is 0.0898. The number of halogens is 2. The first kappa shape index (κ1) is 9.68. The summed E-state index contributed by atoms with van der Waals surface area (Å²) in [7, 11) is 0. The first-order chi connectivity index (χ1) is 5.72. The van der Waals surface area contributed by atoms with E-state index in [1.165, 1.54) is 0 Å². The summed E-state index contributed by atoms with van der Waals surface area (Å²) in [4.78, 5) is 0. The molecule has 1 aromatic carbocycles. The van der Waals surface area contributed by atoms with Gasteiger partial charge in [-0.1, -0.05) is 28.1 Å². The molecule has 1 atom stereocenters. The Labute approximate surface area is 79.9 Å². The lowest BCUT2D eigenvalue weighted by Gasteiger charge is -2.04. The van der Waals surface area contributed by atoms with Crippen molar-refractivity contribution < 1.29 is 4.39 Å². The summed E-state index contributed by atoms with van der Waals surface area (Å²) in [6.07, 6.45) is -0.532. The van der Waals surface area contributed by atoms with Gasteiger partial charge in [0.15, 0.2) is 0 Å². The summed E-state index contributed by atoms with van der Waals surface area (Å²) in [6, 6.07) is 7.61. The molecule has 0 saturated carbocycles. The van der Waals surface area contributed by atoms with Crippen LogP contribution in [-0.2, 0) is 6.42 Å². The van der Waals surface area contributed by atoms with Gasteiger partial charge in [-0.05, 0) is 17.7 Å². The van der Waals surface area contributed by atoms with Crippen molar-refractivity contribution in [1.82, 2.24) is 0 Å². The van der Waals surface area contributed by atoms with Gasteiger partial charge in [0.1, 0.15) is 6.17 Å². The quantitative estimate of drug-likeness (QED) is 0.850. The second kappa shape index (κ2) is 4.58. The zero-order chi connectivity index (χ0) is 8.97. The van der Waals surface area contributed by atoms with Crippen LogP contribution in [-0.4, -0.2) is 12.7 Å². The summed E-state index contributed by atoms with van der Waals surface area (Å²) in [5.41, 5.74) is 6.15. The highest BCUT2D eigenvalue weighted by Crippen LogP contribution is 2.13. The molecule has 0 heterocycles. The van der Waals surface area contributed by atoms with Crippen molar-refractivity contribution >= 4 is 15.9 Å². The number of hydrogen-bond donors (Lipinski definition) is 1. The topological polar surface area (TPSA) is 26.0 Å². The molecule has 2 N–H and O–H groups in total. The van der Waals surface area contributed by atoms with Gasteiger partial charge in [-0.2, -0.15) is 0 Å². The van der Waals surface area contributed by atoms with Gasteiger partial charge in [0.2, 0.25) is 0 Å². The summed E-state index contributed by atoms with van der Waals surface area (Å²) >= 11 is 3.32. The van der Waals surface area contributed by atoms with Crippen molar-refractivity contribution in [3.8, 4) is 0 Å². The predicted molar refractivity (Wildman–Crippen MR) is 51.8 cm³/mol. The summed E-state index contributed by atoms with van der Waals surface area (Å²) < 4.78 is 13.8. The smallest absolute Gasteiger partial charge is 0.116 e. The molecule has 0 aliphatic carbocycles. The van der Waals surface area contributed by atoms with Crippen LogP contribution in [0.5, 0.6) is 0 Å². The van der Waals surface area contributed by atoms with Crippen LogP contribution in [0, 0.1) is 0 Å². The maximum Gasteiger partial charge on any atom is 0.116 e. The molecule has 0 amide bonds. The van der Waals surface area contributed by atoms with Crippen LogP contribution in [0.3, 0.4) is 0 Å². The van der Waals surface area contributed by atoms with Gasteiger partial charge in [0.05, 0.1) is 0 Å². The molecule has 0 bridgehead atoms. The van der Waals surface area contributed by atoms with Crippen molar-refractivity contribution in [1.29, 1.82) is 0 Å². The van der Waals surface area contributed by atoms with Crippen LogP contribution < -0.4 is 5.73 Å². The van der Waals surface area contributed by atoms with Crippen LogP contribution >= 0.6 is 15.9 Å². The molecular weight excluding hydrogens is 221 g/mol. The predicted octanol–water partition coefficient (Wildman–Crippen LogP) is 2.29. The van der Waals surface area contributed by atoms with Crippen LogP contribution in [0.25, 0.3) is 0 Å². The van der Waals surface area contributed by atoms with Gasteiger partial charge in [0, 0.05) is 17.4 Å². The lowest BCUT2D eigenvalue weighted by atomic mass is 10.1. The maximum absolute atomic E-state index is 12.8. The van der Waals surface area contributed by atoms with Crippen molar-refractivity contribution in [3.05, 3.63) is 34.3 Å². The molecule has 0 saturated heterocycles. The van der Waals surface area contributed by atoms with E-state index in [1.54, 1.807) is 0 Å². The van der Waals surface area contributed by atoms with Gasteiger partial charge in [-0.3, -0.25) is 0 Å². The molecule has 0 aromatic heterocycles. The Kier molecular flexibility index (Phi) is 3.69. The largest absolute Gasteiger partial charge is 0.328 e. The first-order valence-electron chi connectivity index (χ1n) is 3.81. The van der Waals surface area contributed by atoms with Crippen LogP contribution in [0.1, 0.15) is 5.56 Å².